The van der Waals surface area contributed by atoms with Crippen LogP contribution in [0.15, 0.2) is 18.2 Å². The smallest absolute Gasteiger partial charge is 0.337 e. The summed E-state index contributed by atoms with van der Waals surface area (Å²) in [5, 5.41) is 19.8. The number of nitrogens with zero attached hydrogens (tertiary/aromatic N) is 2. The zero-order chi connectivity index (χ0) is 18.1. The van der Waals surface area contributed by atoms with E-state index in [2.05, 4.69) is 0 Å². The van der Waals surface area contributed by atoms with E-state index in [1.165, 1.54) is 23.1 Å². The van der Waals surface area contributed by atoms with Crippen LogP contribution >= 0.6 is 0 Å². The van der Waals surface area contributed by atoms with Crippen LogP contribution in [0.5, 0.6) is 0 Å². The molecule has 1 amide bonds. The molecule has 1 aromatic rings. The van der Waals surface area contributed by atoms with Crippen LogP contribution in [-0.2, 0) is 16.0 Å². The summed E-state index contributed by atoms with van der Waals surface area (Å²) in [6.45, 7) is 3.97. The van der Waals surface area contributed by atoms with Gasteiger partial charge in [0, 0.05) is 24.5 Å². The molecule has 0 saturated heterocycles. The summed E-state index contributed by atoms with van der Waals surface area (Å²) in [4.78, 5) is 35.1. The Labute approximate surface area is 140 Å². The van der Waals surface area contributed by atoms with Crippen LogP contribution in [0.2, 0.25) is 0 Å². The van der Waals surface area contributed by atoms with Crippen LogP contribution in [0, 0.1) is 10.1 Å². The minimum atomic E-state index is -1.16. The van der Waals surface area contributed by atoms with Crippen LogP contribution in [0.1, 0.15) is 36.2 Å². The Kier molecular flexibility index (Phi) is 7.84. The van der Waals surface area contributed by atoms with E-state index in [1.54, 1.807) is 6.92 Å². The maximum atomic E-state index is 12.3. The monoisotopic (exact) mass is 338 g/mol. The van der Waals surface area contributed by atoms with E-state index in [9.17, 15) is 24.8 Å². The molecule has 0 bridgehead atoms. The summed E-state index contributed by atoms with van der Waals surface area (Å²) < 4.78 is 5.23. The minimum absolute atomic E-state index is 0.0226. The molecular formula is C16H22N2O6. The fourth-order valence-electron chi connectivity index (χ4n) is 2.22. The molecule has 1 aromatic carbocycles. The maximum Gasteiger partial charge on any atom is 0.337 e. The second-order valence-corrected chi connectivity index (χ2v) is 5.15. The van der Waals surface area contributed by atoms with Gasteiger partial charge in [0.05, 0.1) is 11.3 Å². The van der Waals surface area contributed by atoms with Crippen molar-refractivity contribution in [2.75, 3.05) is 31.2 Å². The molecule has 132 valence electrons. The van der Waals surface area contributed by atoms with Crippen molar-refractivity contribution in [3.05, 3.63) is 39.4 Å². The van der Waals surface area contributed by atoms with Gasteiger partial charge in [0.15, 0.2) is 0 Å². The number of amides is 1. The normalized spacial score (nSPS) is 10.4. The molecule has 24 heavy (non-hydrogen) atoms. The number of benzene rings is 1. The van der Waals surface area contributed by atoms with E-state index in [0.29, 0.717) is 12.2 Å². The highest BCUT2D eigenvalue weighted by Crippen LogP contribution is 2.23. The van der Waals surface area contributed by atoms with Gasteiger partial charge in [0.1, 0.15) is 6.61 Å². The molecule has 1 N–H and O–H groups in total. The van der Waals surface area contributed by atoms with E-state index in [4.69, 9.17) is 4.74 Å². The summed E-state index contributed by atoms with van der Waals surface area (Å²) in [6, 6.07) is 4.42. The minimum Gasteiger partial charge on any atom is -0.478 e. The van der Waals surface area contributed by atoms with Gasteiger partial charge < -0.3 is 14.7 Å². The lowest BCUT2D eigenvalue weighted by molar-refractivity contribution is -0.479. The van der Waals surface area contributed by atoms with Crippen LogP contribution < -0.4 is 4.90 Å². The number of hydrogen-bond donors (Lipinski definition) is 1. The highest BCUT2D eigenvalue weighted by molar-refractivity contribution is 6.02. The van der Waals surface area contributed by atoms with E-state index in [-0.39, 0.29) is 43.3 Å². The van der Waals surface area contributed by atoms with E-state index < -0.39 is 10.9 Å². The van der Waals surface area contributed by atoms with Gasteiger partial charge in [-0.3, -0.25) is 14.9 Å². The molecule has 0 aromatic heterocycles. The lowest BCUT2D eigenvalue weighted by atomic mass is 10.1. The van der Waals surface area contributed by atoms with Crippen molar-refractivity contribution >= 4 is 17.6 Å². The van der Waals surface area contributed by atoms with E-state index in [1.807, 2.05) is 6.92 Å². The molecule has 0 aliphatic rings. The van der Waals surface area contributed by atoms with Crippen molar-refractivity contribution in [2.45, 2.75) is 26.7 Å². The van der Waals surface area contributed by atoms with Crippen molar-refractivity contribution in [2.24, 2.45) is 0 Å². The summed E-state index contributed by atoms with van der Waals surface area (Å²) in [5.41, 5.74) is 0.814. The van der Waals surface area contributed by atoms with Crippen molar-refractivity contribution in [1.29, 1.82) is 0 Å². The van der Waals surface area contributed by atoms with Crippen LogP contribution in [0.4, 0.5) is 5.69 Å². The first kappa shape index (κ1) is 19.6. The number of carbonyl (C=O) groups excluding carboxylic acids is 1. The number of likely N-dealkylation sites (N-methyl/N-ethyl adjacent to an activating group) is 1. The molecular weight excluding hydrogens is 316 g/mol. The topological polar surface area (TPSA) is 110 Å². The number of rotatable bonds is 10. The molecule has 0 radical (unpaired) electrons. The summed E-state index contributed by atoms with van der Waals surface area (Å²) in [7, 11) is 0. The summed E-state index contributed by atoms with van der Waals surface area (Å²) >= 11 is 0. The average Bonchev–Trinajstić information content (AvgIpc) is 2.53. The standard InChI is InChI=1S/C16H22N2O6/c1-3-9-24-11-15(19)17(4-2)14-10-12(7-8-18(22)23)5-6-13(14)16(20)21/h5-6,10H,3-4,7-9,11H2,1-2H3,(H,20,21). The fourth-order valence-corrected chi connectivity index (χ4v) is 2.22. The quantitative estimate of drug-likeness (QED) is 0.397. The zero-order valence-corrected chi connectivity index (χ0v) is 13.9. The van der Waals surface area contributed by atoms with Gasteiger partial charge in [-0.05, 0) is 31.0 Å². The predicted octanol–water partition coefficient (Wildman–Crippen LogP) is 1.98. The van der Waals surface area contributed by atoms with Gasteiger partial charge in [-0.15, -0.1) is 0 Å². The van der Waals surface area contributed by atoms with Gasteiger partial charge in [-0.1, -0.05) is 13.0 Å². The van der Waals surface area contributed by atoms with Gasteiger partial charge in [0.2, 0.25) is 6.54 Å². The maximum absolute atomic E-state index is 12.3. The largest absolute Gasteiger partial charge is 0.478 e. The Hall–Kier alpha value is -2.48. The molecule has 1 rings (SSSR count). The molecule has 0 aliphatic heterocycles. The zero-order valence-electron chi connectivity index (χ0n) is 13.9. The Morgan fingerprint density at radius 2 is 2.04 bits per heavy atom. The average molecular weight is 338 g/mol. The molecule has 0 atom stereocenters. The third-order valence-electron chi connectivity index (χ3n) is 3.36. The second-order valence-electron chi connectivity index (χ2n) is 5.15. The van der Waals surface area contributed by atoms with Gasteiger partial charge in [-0.2, -0.15) is 0 Å². The lowest BCUT2D eigenvalue weighted by Crippen LogP contribution is -2.35. The Morgan fingerprint density at radius 1 is 1.33 bits per heavy atom. The summed E-state index contributed by atoms with van der Waals surface area (Å²) in [6.07, 6.45) is 0.939. The van der Waals surface area contributed by atoms with Gasteiger partial charge in [-0.25, -0.2) is 4.79 Å². The fraction of sp³-hybridized carbons (Fsp3) is 0.500. The van der Waals surface area contributed by atoms with Crippen LogP contribution in [0.3, 0.4) is 0 Å². The first-order valence-corrected chi connectivity index (χ1v) is 7.76. The summed E-state index contributed by atoms with van der Waals surface area (Å²) in [5.74, 6) is -1.51. The predicted molar refractivity (Wildman–Crippen MR) is 88.1 cm³/mol. The number of carbonyl (C=O) groups is 2. The van der Waals surface area contributed by atoms with Gasteiger partial charge >= 0.3 is 5.97 Å². The van der Waals surface area contributed by atoms with Gasteiger partial charge in [0.25, 0.3) is 5.91 Å². The Balaban J connectivity index is 3.09. The number of hydrogen-bond acceptors (Lipinski definition) is 5. The molecule has 8 nitrogen and oxygen atoms in total. The Bertz CT molecular complexity index is 602. The van der Waals surface area contributed by atoms with Crippen molar-refractivity contribution in [3.8, 4) is 0 Å². The number of carboxylic acids is 1. The van der Waals surface area contributed by atoms with E-state index >= 15 is 0 Å². The van der Waals surface area contributed by atoms with E-state index in [0.717, 1.165) is 6.42 Å². The number of carboxylic acid groups (broad SMARTS) is 1. The number of aromatic carboxylic acids is 1. The third-order valence-corrected chi connectivity index (χ3v) is 3.36. The van der Waals surface area contributed by atoms with Crippen molar-refractivity contribution in [3.63, 3.8) is 0 Å². The third kappa shape index (κ3) is 5.62. The van der Waals surface area contributed by atoms with Crippen molar-refractivity contribution in [1.82, 2.24) is 0 Å². The Morgan fingerprint density at radius 3 is 2.58 bits per heavy atom. The highest BCUT2D eigenvalue weighted by Gasteiger charge is 2.21. The second kappa shape index (κ2) is 9.61. The number of nitro groups is 1. The lowest BCUT2D eigenvalue weighted by Gasteiger charge is -2.23. The number of ether oxygens (including phenoxy) is 1. The molecule has 0 saturated carbocycles. The highest BCUT2D eigenvalue weighted by atomic mass is 16.6. The molecule has 0 spiro atoms. The first-order valence-electron chi connectivity index (χ1n) is 7.76. The molecule has 0 heterocycles. The molecule has 0 unspecified atom stereocenters. The molecule has 0 fully saturated rings. The van der Waals surface area contributed by atoms with Crippen LogP contribution in [-0.4, -0.2) is 48.2 Å². The molecule has 0 aliphatic carbocycles. The van der Waals surface area contributed by atoms with Crippen LogP contribution in [0.25, 0.3) is 0 Å². The molecule has 8 heteroatoms. The first-order chi connectivity index (χ1) is 11.4. The SMILES string of the molecule is CCCOCC(=O)N(CC)c1cc(CC[N+](=O)[O-])ccc1C(=O)O. The number of anilines is 1. The van der Waals surface area contributed by atoms with Crippen molar-refractivity contribution < 1.29 is 24.4 Å².